The molecule has 0 aromatic heterocycles. The summed E-state index contributed by atoms with van der Waals surface area (Å²) in [6, 6.07) is 11.3. The van der Waals surface area contributed by atoms with Gasteiger partial charge in [0.25, 0.3) is 0 Å². The third-order valence-corrected chi connectivity index (χ3v) is 3.33. The number of rotatable bonds is 8. The van der Waals surface area contributed by atoms with Crippen LogP contribution in [0.1, 0.15) is 51.1 Å². The van der Waals surface area contributed by atoms with Gasteiger partial charge in [0.2, 0.25) is 0 Å². The molecule has 0 bridgehead atoms. The molecule has 3 heteroatoms. The van der Waals surface area contributed by atoms with Crippen molar-refractivity contribution in [3.8, 4) is 0 Å². The lowest BCUT2D eigenvalue weighted by molar-refractivity contribution is -0.140. The summed E-state index contributed by atoms with van der Waals surface area (Å²) in [6.07, 6.45) is 3.55. The second kappa shape index (κ2) is 8.70. The molecular weight excluding hydrogens is 238 g/mol. The molecule has 0 saturated heterocycles. The van der Waals surface area contributed by atoms with Gasteiger partial charge in [-0.1, -0.05) is 36.8 Å². The maximum Gasteiger partial charge on any atom is 0.305 e. The van der Waals surface area contributed by atoms with Crippen molar-refractivity contribution in [2.45, 2.75) is 51.6 Å². The fourth-order valence-electron chi connectivity index (χ4n) is 2.17. The average Bonchev–Trinajstić information content (AvgIpc) is 2.44. The first kappa shape index (κ1) is 15.7. The molecule has 3 nitrogen and oxygen atoms in total. The van der Waals surface area contributed by atoms with Gasteiger partial charge in [-0.15, -0.1) is 0 Å². The zero-order valence-corrected chi connectivity index (χ0v) is 12.2. The van der Waals surface area contributed by atoms with Crippen molar-refractivity contribution in [2.24, 2.45) is 0 Å². The van der Waals surface area contributed by atoms with Crippen LogP contribution in [0.25, 0.3) is 0 Å². The number of esters is 1. The lowest BCUT2D eigenvalue weighted by Crippen LogP contribution is -2.28. The van der Waals surface area contributed by atoms with Gasteiger partial charge in [0.15, 0.2) is 0 Å². The van der Waals surface area contributed by atoms with Crippen molar-refractivity contribution in [1.82, 2.24) is 5.32 Å². The normalized spacial score (nSPS) is 13.8. The van der Waals surface area contributed by atoms with Gasteiger partial charge in [-0.25, -0.2) is 0 Å². The topological polar surface area (TPSA) is 38.3 Å². The van der Waals surface area contributed by atoms with Crippen LogP contribution in [0.5, 0.6) is 0 Å². The molecular formula is C16H25NO2. The van der Waals surface area contributed by atoms with Crippen LogP contribution in [0.15, 0.2) is 30.3 Å². The predicted octanol–water partition coefficient (Wildman–Crippen LogP) is 3.46. The predicted molar refractivity (Wildman–Crippen MR) is 77.9 cm³/mol. The SMILES string of the molecule is COC(=O)CCCCC(C)N[C@H](C)c1ccccc1. The van der Waals surface area contributed by atoms with Crippen LogP contribution in [0.2, 0.25) is 0 Å². The van der Waals surface area contributed by atoms with Crippen LogP contribution < -0.4 is 5.32 Å². The Hall–Kier alpha value is -1.35. The summed E-state index contributed by atoms with van der Waals surface area (Å²) >= 11 is 0. The highest BCUT2D eigenvalue weighted by Crippen LogP contribution is 2.14. The van der Waals surface area contributed by atoms with Crippen LogP contribution >= 0.6 is 0 Å². The van der Waals surface area contributed by atoms with Crippen molar-refractivity contribution < 1.29 is 9.53 Å². The first-order valence-corrected chi connectivity index (χ1v) is 7.01. The van der Waals surface area contributed by atoms with E-state index in [1.54, 1.807) is 0 Å². The first-order chi connectivity index (χ1) is 9.13. The van der Waals surface area contributed by atoms with Gasteiger partial charge >= 0.3 is 5.97 Å². The number of hydrogen-bond donors (Lipinski definition) is 1. The van der Waals surface area contributed by atoms with Gasteiger partial charge in [-0.3, -0.25) is 4.79 Å². The smallest absolute Gasteiger partial charge is 0.305 e. The zero-order valence-electron chi connectivity index (χ0n) is 12.2. The summed E-state index contributed by atoms with van der Waals surface area (Å²) in [5, 5.41) is 3.58. The molecule has 0 aliphatic heterocycles. The fourth-order valence-corrected chi connectivity index (χ4v) is 2.17. The molecule has 1 rings (SSSR count). The van der Waals surface area contributed by atoms with E-state index in [4.69, 9.17) is 0 Å². The van der Waals surface area contributed by atoms with Crippen molar-refractivity contribution in [1.29, 1.82) is 0 Å². The maximum absolute atomic E-state index is 11.0. The Morgan fingerprint density at radius 2 is 1.89 bits per heavy atom. The molecule has 0 radical (unpaired) electrons. The highest BCUT2D eigenvalue weighted by molar-refractivity contribution is 5.68. The molecule has 1 unspecified atom stereocenters. The number of carbonyl (C=O) groups excluding carboxylic acids is 1. The van der Waals surface area contributed by atoms with Crippen molar-refractivity contribution >= 4 is 5.97 Å². The minimum atomic E-state index is -0.113. The molecule has 1 N–H and O–H groups in total. The molecule has 0 fully saturated rings. The maximum atomic E-state index is 11.0. The lowest BCUT2D eigenvalue weighted by atomic mass is 10.1. The van der Waals surface area contributed by atoms with Gasteiger partial charge in [-0.05, 0) is 32.3 Å². The van der Waals surface area contributed by atoms with E-state index in [-0.39, 0.29) is 5.97 Å². The molecule has 1 aromatic carbocycles. The number of ether oxygens (including phenoxy) is 1. The second-order valence-corrected chi connectivity index (χ2v) is 5.02. The number of benzene rings is 1. The summed E-state index contributed by atoms with van der Waals surface area (Å²) in [5.74, 6) is -0.113. The summed E-state index contributed by atoms with van der Waals surface area (Å²) in [5.41, 5.74) is 1.31. The molecule has 0 heterocycles. The molecule has 2 atom stereocenters. The van der Waals surface area contributed by atoms with E-state index in [0.717, 1.165) is 19.3 Å². The van der Waals surface area contributed by atoms with Gasteiger partial charge in [-0.2, -0.15) is 0 Å². The van der Waals surface area contributed by atoms with E-state index in [9.17, 15) is 4.79 Å². The van der Waals surface area contributed by atoms with Crippen molar-refractivity contribution in [3.63, 3.8) is 0 Å². The number of carbonyl (C=O) groups is 1. The number of hydrogen-bond acceptors (Lipinski definition) is 3. The first-order valence-electron chi connectivity index (χ1n) is 7.01. The van der Waals surface area contributed by atoms with Crippen LogP contribution in [-0.2, 0) is 9.53 Å². The zero-order chi connectivity index (χ0) is 14.1. The Balaban J connectivity index is 2.20. The van der Waals surface area contributed by atoms with E-state index in [0.29, 0.717) is 18.5 Å². The molecule has 0 spiro atoms. The molecule has 0 amide bonds. The van der Waals surface area contributed by atoms with Crippen molar-refractivity contribution in [2.75, 3.05) is 7.11 Å². The van der Waals surface area contributed by atoms with Crippen molar-refractivity contribution in [3.05, 3.63) is 35.9 Å². The quantitative estimate of drug-likeness (QED) is 0.576. The average molecular weight is 263 g/mol. The third kappa shape index (κ3) is 6.39. The van der Waals surface area contributed by atoms with Gasteiger partial charge < -0.3 is 10.1 Å². The molecule has 0 aliphatic rings. The van der Waals surface area contributed by atoms with E-state index in [1.807, 2.05) is 6.07 Å². The minimum absolute atomic E-state index is 0.113. The second-order valence-electron chi connectivity index (χ2n) is 5.02. The van der Waals surface area contributed by atoms with E-state index in [2.05, 4.69) is 48.2 Å². The Morgan fingerprint density at radius 3 is 2.53 bits per heavy atom. The van der Waals surface area contributed by atoms with Gasteiger partial charge in [0, 0.05) is 18.5 Å². The van der Waals surface area contributed by atoms with Gasteiger partial charge in [0.1, 0.15) is 0 Å². The summed E-state index contributed by atoms with van der Waals surface area (Å²) in [7, 11) is 1.44. The molecule has 0 saturated carbocycles. The van der Waals surface area contributed by atoms with E-state index >= 15 is 0 Å². The third-order valence-electron chi connectivity index (χ3n) is 3.33. The fraction of sp³-hybridized carbons (Fsp3) is 0.562. The lowest BCUT2D eigenvalue weighted by Gasteiger charge is -2.20. The number of methoxy groups -OCH3 is 1. The minimum Gasteiger partial charge on any atom is -0.469 e. The van der Waals surface area contributed by atoms with Crippen LogP contribution in [0.4, 0.5) is 0 Å². The standard InChI is InChI=1S/C16H25NO2/c1-13(9-7-8-12-16(18)19-3)17-14(2)15-10-5-4-6-11-15/h4-6,10-11,13-14,17H,7-9,12H2,1-3H3/t13?,14-/m1/s1. The van der Waals surface area contributed by atoms with E-state index in [1.165, 1.54) is 12.7 Å². The number of nitrogens with one attached hydrogen (secondary N) is 1. The highest BCUT2D eigenvalue weighted by Gasteiger charge is 2.09. The largest absolute Gasteiger partial charge is 0.469 e. The molecule has 1 aromatic rings. The van der Waals surface area contributed by atoms with E-state index < -0.39 is 0 Å². The summed E-state index contributed by atoms with van der Waals surface area (Å²) in [6.45, 7) is 4.37. The van der Waals surface area contributed by atoms with Crippen LogP contribution in [0.3, 0.4) is 0 Å². The molecule has 0 aliphatic carbocycles. The van der Waals surface area contributed by atoms with Crippen LogP contribution in [0, 0.1) is 0 Å². The highest BCUT2D eigenvalue weighted by atomic mass is 16.5. The molecule has 19 heavy (non-hydrogen) atoms. The monoisotopic (exact) mass is 263 g/mol. The molecule has 106 valence electrons. The summed E-state index contributed by atoms with van der Waals surface area (Å²) in [4.78, 5) is 11.0. The van der Waals surface area contributed by atoms with Gasteiger partial charge in [0.05, 0.1) is 7.11 Å². The number of unbranched alkanes of at least 4 members (excludes halogenated alkanes) is 1. The Labute approximate surface area is 116 Å². The Morgan fingerprint density at radius 1 is 1.21 bits per heavy atom. The summed E-state index contributed by atoms with van der Waals surface area (Å²) < 4.78 is 4.63. The Kier molecular flexibility index (Phi) is 7.19. The van der Waals surface area contributed by atoms with Crippen LogP contribution in [-0.4, -0.2) is 19.1 Å². The Bertz CT molecular complexity index is 364.